The van der Waals surface area contributed by atoms with Gasteiger partial charge in [-0.3, -0.25) is 4.79 Å². The van der Waals surface area contributed by atoms with E-state index >= 15 is 0 Å². The van der Waals surface area contributed by atoms with E-state index in [1.165, 1.54) is 0 Å². The first-order valence-electron chi connectivity index (χ1n) is 6.75. The van der Waals surface area contributed by atoms with E-state index in [0.29, 0.717) is 12.0 Å². The Balaban J connectivity index is 2.38. The van der Waals surface area contributed by atoms with E-state index in [0.717, 1.165) is 0 Å². The van der Waals surface area contributed by atoms with E-state index in [4.69, 9.17) is 0 Å². The molecule has 0 unspecified atom stereocenters. The lowest BCUT2D eigenvalue weighted by Gasteiger charge is -2.18. The molecule has 0 fully saturated rings. The molecule has 0 spiro atoms. The Morgan fingerprint density at radius 2 is 1.39 bits per heavy atom. The second-order valence-electron chi connectivity index (χ2n) is 4.79. The number of nitrogens with one attached hydrogen (secondary N) is 1. The standard InChI is InChI=1S/C16H12F5NO/c1-2-9(8-6-4-3-5-7-8)22-16(23)10-11(17)13(19)15(21)14(20)12(10)18/h3-7,9H,2H2,1H3,(H,22,23)/t9-/m1/s1. The Bertz CT molecular complexity index is 704. The molecule has 0 saturated heterocycles. The van der Waals surface area contributed by atoms with Gasteiger partial charge >= 0.3 is 0 Å². The number of carbonyl (C=O) groups is 1. The van der Waals surface area contributed by atoms with Crippen LogP contribution in [0.1, 0.15) is 35.3 Å². The smallest absolute Gasteiger partial charge is 0.257 e. The van der Waals surface area contributed by atoms with Crippen molar-refractivity contribution in [3.8, 4) is 0 Å². The van der Waals surface area contributed by atoms with Gasteiger partial charge in [-0.05, 0) is 12.0 Å². The summed E-state index contributed by atoms with van der Waals surface area (Å²) < 4.78 is 66.6. The van der Waals surface area contributed by atoms with Crippen molar-refractivity contribution in [2.24, 2.45) is 0 Å². The van der Waals surface area contributed by atoms with Crippen LogP contribution in [0.5, 0.6) is 0 Å². The molecule has 0 heterocycles. The SMILES string of the molecule is CC[C@@H](NC(=O)c1c(F)c(F)c(F)c(F)c1F)c1ccccc1. The Kier molecular flexibility index (Phi) is 4.98. The fraction of sp³-hybridized carbons (Fsp3) is 0.188. The van der Waals surface area contributed by atoms with E-state index < -0.39 is 46.6 Å². The average Bonchev–Trinajstić information content (AvgIpc) is 2.57. The predicted molar refractivity (Wildman–Crippen MR) is 73.2 cm³/mol. The van der Waals surface area contributed by atoms with E-state index in [9.17, 15) is 26.7 Å². The highest BCUT2D eigenvalue weighted by Gasteiger charge is 2.30. The normalized spacial score (nSPS) is 12.1. The maximum atomic E-state index is 13.6. The molecule has 2 aromatic carbocycles. The summed E-state index contributed by atoms with van der Waals surface area (Å²) in [5, 5.41) is 2.28. The molecule has 0 aliphatic carbocycles. The third-order valence-electron chi connectivity index (χ3n) is 3.35. The van der Waals surface area contributed by atoms with Crippen molar-refractivity contribution in [3.63, 3.8) is 0 Å². The quantitative estimate of drug-likeness (QED) is 0.507. The fourth-order valence-corrected chi connectivity index (χ4v) is 2.14. The molecule has 0 bridgehead atoms. The van der Waals surface area contributed by atoms with Crippen LogP contribution in [0.25, 0.3) is 0 Å². The summed E-state index contributed by atoms with van der Waals surface area (Å²) in [6.45, 7) is 1.70. The maximum absolute atomic E-state index is 13.6. The molecule has 0 aliphatic rings. The van der Waals surface area contributed by atoms with Gasteiger partial charge in [0.05, 0.1) is 6.04 Å². The maximum Gasteiger partial charge on any atom is 0.257 e. The number of halogens is 5. The molecule has 0 aliphatic heterocycles. The molecule has 1 amide bonds. The molecule has 2 aromatic rings. The first kappa shape index (κ1) is 16.9. The van der Waals surface area contributed by atoms with Crippen LogP contribution in [0.15, 0.2) is 30.3 Å². The van der Waals surface area contributed by atoms with Crippen molar-refractivity contribution < 1.29 is 26.7 Å². The molecule has 23 heavy (non-hydrogen) atoms. The molecule has 122 valence electrons. The summed E-state index contributed by atoms with van der Waals surface area (Å²) in [6.07, 6.45) is 0.366. The largest absolute Gasteiger partial charge is 0.345 e. The van der Waals surface area contributed by atoms with Crippen molar-refractivity contribution in [2.75, 3.05) is 0 Å². The lowest BCUT2D eigenvalue weighted by atomic mass is 10.0. The first-order chi connectivity index (χ1) is 10.9. The van der Waals surface area contributed by atoms with Gasteiger partial charge in [-0.15, -0.1) is 0 Å². The highest BCUT2D eigenvalue weighted by molar-refractivity contribution is 5.95. The van der Waals surface area contributed by atoms with Crippen LogP contribution in [0.4, 0.5) is 22.0 Å². The molecule has 1 N–H and O–H groups in total. The highest BCUT2D eigenvalue weighted by atomic mass is 19.2. The van der Waals surface area contributed by atoms with Gasteiger partial charge in [-0.2, -0.15) is 0 Å². The van der Waals surface area contributed by atoms with Gasteiger partial charge in [0.1, 0.15) is 5.56 Å². The van der Waals surface area contributed by atoms with Crippen LogP contribution in [-0.4, -0.2) is 5.91 Å². The minimum absolute atomic E-state index is 0.366. The lowest BCUT2D eigenvalue weighted by Crippen LogP contribution is -2.30. The molecular formula is C16H12F5NO. The van der Waals surface area contributed by atoms with Crippen LogP contribution in [0.3, 0.4) is 0 Å². The minimum Gasteiger partial charge on any atom is -0.345 e. The van der Waals surface area contributed by atoms with Crippen molar-refractivity contribution in [3.05, 3.63) is 70.5 Å². The van der Waals surface area contributed by atoms with Gasteiger partial charge in [0, 0.05) is 0 Å². The summed E-state index contributed by atoms with van der Waals surface area (Å²) in [6, 6.07) is 7.85. The first-order valence-corrected chi connectivity index (χ1v) is 6.75. The summed E-state index contributed by atoms with van der Waals surface area (Å²) in [5.41, 5.74) is -0.844. The number of amides is 1. The van der Waals surface area contributed by atoms with Crippen LogP contribution >= 0.6 is 0 Å². The van der Waals surface area contributed by atoms with Crippen LogP contribution in [0, 0.1) is 29.1 Å². The zero-order chi connectivity index (χ0) is 17.1. The zero-order valence-electron chi connectivity index (χ0n) is 12.0. The summed E-state index contributed by atoms with van der Waals surface area (Å²) in [7, 11) is 0. The second-order valence-corrected chi connectivity index (χ2v) is 4.79. The average molecular weight is 329 g/mol. The monoisotopic (exact) mass is 329 g/mol. The topological polar surface area (TPSA) is 29.1 Å². The molecule has 1 atom stereocenters. The molecule has 7 heteroatoms. The molecule has 2 nitrogen and oxygen atoms in total. The predicted octanol–water partition coefficient (Wildman–Crippen LogP) is 4.26. The van der Waals surface area contributed by atoms with E-state index in [-0.39, 0.29) is 0 Å². The lowest BCUT2D eigenvalue weighted by molar-refractivity contribution is 0.0923. The van der Waals surface area contributed by atoms with Crippen LogP contribution in [-0.2, 0) is 0 Å². The Morgan fingerprint density at radius 3 is 1.87 bits per heavy atom. The van der Waals surface area contributed by atoms with Gasteiger partial charge < -0.3 is 5.32 Å². The van der Waals surface area contributed by atoms with E-state index in [1.54, 1.807) is 37.3 Å². The molecule has 2 rings (SSSR count). The van der Waals surface area contributed by atoms with Crippen molar-refractivity contribution in [2.45, 2.75) is 19.4 Å². The number of benzene rings is 2. The molecule has 0 saturated carbocycles. The number of hydrogen-bond acceptors (Lipinski definition) is 1. The van der Waals surface area contributed by atoms with Gasteiger partial charge in [-0.1, -0.05) is 37.3 Å². The summed E-state index contributed by atoms with van der Waals surface area (Å²) in [5.74, 6) is -12.3. The zero-order valence-corrected chi connectivity index (χ0v) is 12.0. The number of rotatable bonds is 4. The molecular weight excluding hydrogens is 317 g/mol. The van der Waals surface area contributed by atoms with Crippen molar-refractivity contribution in [1.82, 2.24) is 5.32 Å². The van der Waals surface area contributed by atoms with Gasteiger partial charge in [0.2, 0.25) is 5.82 Å². The van der Waals surface area contributed by atoms with Gasteiger partial charge in [-0.25, -0.2) is 22.0 Å². The number of carbonyl (C=O) groups excluding carboxylic acids is 1. The minimum atomic E-state index is -2.30. The Labute approximate surface area is 128 Å². The van der Waals surface area contributed by atoms with Crippen LogP contribution in [0.2, 0.25) is 0 Å². The van der Waals surface area contributed by atoms with Crippen molar-refractivity contribution in [1.29, 1.82) is 0 Å². The molecule has 0 aromatic heterocycles. The Hall–Kier alpha value is -2.44. The van der Waals surface area contributed by atoms with Gasteiger partial charge in [0.15, 0.2) is 23.3 Å². The summed E-state index contributed by atoms with van der Waals surface area (Å²) in [4.78, 5) is 12.0. The van der Waals surface area contributed by atoms with Crippen LogP contribution < -0.4 is 5.32 Å². The van der Waals surface area contributed by atoms with E-state index in [2.05, 4.69) is 5.32 Å². The third kappa shape index (κ3) is 3.18. The Morgan fingerprint density at radius 1 is 0.913 bits per heavy atom. The third-order valence-corrected chi connectivity index (χ3v) is 3.35. The van der Waals surface area contributed by atoms with Gasteiger partial charge in [0.25, 0.3) is 5.91 Å². The highest BCUT2D eigenvalue weighted by Crippen LogP contribution is 2.24. The second kappa shape index (κ2) is 6.76. The van der Waals surface area contributed by atoms with Crippen molar-refractivity contribution >= 4 is 5.91 Å². The fourth-order valence-electron chi connectivity index (χ4n) is 2.14. The molecule has 0 radical (unpaired) electrons. The number of hydrogen-bond donors (Lipinski definition) is 1. The summed E-state index contributed by atoms with van der Waals surface area (Å²) >= 11 is 0. The van der Waals surface area contributed by atoms with E-state index in [1.807, 2.05) is 0 Å².